The molecule has 7 heteroatoms. The Bertz CT molecular complexity index is 1110. The smallest absolute Gasteiger partial charge is 0.234 e. The number of thiophene rings is 1. The van der Waals surface area contributed by atoms with Crippen LogP contribution in [0.25, 0.3) is 10.2 Å². The van der Waals surface area contributed by atoms with Crippen LogP contribution in [-0.4, -0.2) is 15.9 Å². The van der Waals surface area contributed by atoms with Crippen LogP contribution in [0.4, 0.5) is 5.13 Å². The average molecular weight is 428 g/mol. The summed E-state index contributed by atoms with van der Waals surface area (Å²) in [6, 6.07) is 15.7. The highest BCUT2D eigenvalue weighted by Gasteiger charge is 2.21. The van der Waals surface area contributed by atoms with Crippen LogP contribution in [-0.2, 0) is 24.2 Å². The van der Waals surface area contributed by atoms with Gasteiger partial charge in [0.25, 0.3) is 0 Å². The van der Waals surface area contributed by atoms with Crippen molar-refractivity contribution in [1.82, 2.24) is 9.97 Å². The molecule has 0 unspecified atom stereocenters. The molecule has 1 aromatic carbocycles. The van der Waals surface area contributed by atoms with Crippen LogP contribution in [0.1, 0.15) is 23.1 Å². The lowest BCUT2D eigenvalue weighted by atomic mass is 10.2. The van der Waals surface area contributed by atoms with Crippen molar-refractivity contribution in [3.05, 3.63) is 75.2 Å². The number of carbonyl (C=O) groups excluding carboxylic acids is 1. The van der Waals surface area contributed by atoms with E-state index in [0.29, 0.717) is 22.4 Å². The van der Waals surface area contributed by atoms with E-state index in [2.05, 4.69) is 24.0 Å². The minimum atomic E-state index is -0.0149. The first-order valence-corrected chi connectivity index (χ1v) is 11.0. The van der Waals surface area contributed by atoms with E-state index < -0.39 is 0 Å². The molecule has 3 heterocycles. The number of amides is 1. The highest BCUT2D eigenvalue weighted by Crippen LogP contribution is 2.31. The normalized spacial score (nSPS) is 11.1. The predicted molar refractivity (Wildman–Crippen MR) is 117 cm³/mol. The molecule has 0 saturated heterocycles. The number of thiazole rings is 1. The van der Waals surface area contributed by atoms with Gasteiger partial charge in [-0.2, -0.15) is 0 Å². The Hall–Kier alpha value is -2.28. The minimum absolute atomic E-state index is 0.0149. The average Bonchev–Trinajstić information content (AvgIpc) is 3.31. The summed E-state index contributed by atoms with van der Waals surface area (Å²) in [7, 11) is 0. The maximum Gasteiger partial charge on any atom is 0.234 e. The fourth-order valence-corrected chi connectivity index (χ4v) is 5.02. The van der Waals surface area contributed by atoms with Crippen LogP contribution in [0.15, 0.2) is 54.7 Å². The van der Waals surface area contributed by atoms with Crippen molar-refractivity contribution in [3.8, 4) is 0 Å². The van der Waals surface area contributed by atoms with Gasteiger partial charge in [-0.3, -0.25) is 14.7 Å². The number of halogens is 1. The predicted octanol–water partition coefficient (Wildman–Crippen LogP) is 5.74. The highest BCUT2D eigenvalue weighted by atomic mass is 35.5. The Kier molecular flexibility index (Phi) is 5.71. The SMILES string of the molecule is CCc1ccc2nc(N(Cc3ccccn3)C(=O)Cc3ccc(Cl)s3)sc2c1. The molecule has 0 N–H and O–H groups in total. The molecular formula is C21H18ClN3OS2. The number of fused-ring (bicyclic) bond motifs is 1. The summed E-state index contributed by atoms with van der Waals surface area (Å²) in [5, 5.41) is 0.696. The number of carbonyl (C=O) groups is 1. The lowest BCUT2D eigenvalue weighted by molar-refractivity contribution is -0.118. The molecule has 3 aromatic heterocycles. The first kappa shape index (κ1) is 19.1. The molecule has 0 aliphatic heterocycles. The van der Waals surface area contributed by atoms with Crippen molar-refractivity contribution in [2.45, 2.75) is 26.3 Å². The number of anilines is 1. The van der Waals surface area contributed by atoms with Crippen LogP contribution >= 0.6 is 34.3 Å². The number of benzene rings is 1. The number of nitrogens with zero attached hydrogens (tertiary/aromatic N) is 3. The molecule has 4 nitrogen and oxygen atoms in total. The third-order valence-corrected chi connectivity index (χ3v) is 6.65. The van der Waals surface area contributed by atoms with Gasteiger partial charge in [0.2, 0.25) is 5.91 Å². The third kappa shape index (κ3) is 4.24. The van der Waals surface area contributed by atoms with Gasteiger partial charge in [0.1, 0.15) is 0 Å². The Labute approximate surface area is 176 Å². The molecule has 4 rings (SSSR count). The van der Waals surface area contributed by atoms with Crippen molar-refractivity contribution < 1.29 is 4.79 Å². The zero-order valence-electron chi connectivity index (χ0n) is 15.3. The maximum absolute atomic E-state index is 13.2. The summed E-state index contributed by atoms with van der Waals surface area (Å²) in [5.74, 6) is -0.0149. The van der Waals surface area contributed by atoms with E-state index in [4.69, 9.17) is 16.6 Å². The lowest BCUT2D eigenvalue weighted by Crippen LogP contribution is -2.31. The van der Waals surface area contributed by atoms with Gasteiger partial charge in [-0.1, -0.05) is 42.0 Å². The standard InChI is InChI=1S/C21H18ClN3OS2/c1-2-14-6-8-17-18(11-14)28-21(24-17)25(13-15-5-3-4-10-23-15)20(26)12-16-7-9-19(22)27-16/h3-11H,2,12-13H2,1H3. The van der Waals surface area contributed by atoms with E-state index in [1.165, 1.54) is 16.9 Å². The van der Waals surface area contributed by atoms with Crippen LogP contribution in [0, 0.1) is 0 Å². The molecule has 0 saturated carbocycles. The number of hydrogen-bond donors (Lipinski definition) is 0. The molecule has 0 fully saturated rings. The summed E-state index contributed by atoms with van der Waals surface area (Å²) in [5.41, 5.74) is 3.00. The van der Waals surface area contributed by atoms with Crippen LogP contribution in [0.5, 0.6) is 0 Å². The molecule has 0 atom stereocenters. The quantitative estimate of drug-likeness (QED) is 0.394. The lowest BCUT2D eigenvalue weighted by Gasteiger charge is -2.19. The van der Waals surface area contributed by atoms with Gasteiger partial charge in [0, 0.05) is 11.1 Å². The number of aryl methyl sites for hydroxylation is 1. The van der Waals surface area contributed by atoms with Crippen molar-refractivity contribution in [2.24, 2.45) is 0 Å². The van der Waals surface area contributed by atoms with E-state index in [1.807, 2.05) is 36.4 Å². The van der Waals surface area contributed by atoms with Crippen molar-refractivity contribution in [1.29, 1.82) is 0 Å². The van der Waals surface area contributed by atoms with Gasteiger partial charge < -0.3 is 0 Å². The van der Waals surface area contributed by atoms with E-state index in [1.54, 1.807) is 22.4 Å². The maximum atomic E-state index is 13.2. The van der Waals surface area contributed by atoms with Crippen molar-refractivity contribution in [2.75, 3.05) is 4.90 Å². The zero-order valence-corrected chi connectivity index (χ0v) is 17.7. The van der Waals surface area contributed by atoms with Gasteiger partial charge in [0.15, 0.2) is 5.13 Å². The second-order valence-corrected chi connectivity index (χ2v) is 9.14. The van der Waals surface area contributed by atoms with Crippen molar-refractivity contribution in [3.63, 3.8) is 0 Å². The van der Waals surface area contributed by atoms with E-state index in [0.717, 1.165) is 27.2 Å². The molecular weight excluding hydrogens is 410 g/mol. The van der Waals surface area contributed by atoms with E-state index in [-0.39, 0.29) is 5.91 Å². The summed E-state index contributed by atoms with van der Waals surface area (Å²) in [4.78, 5) is 24.9. The van der Waals surface area contributed by atoms with Gasteiger partial charge in [-0.05, 0) is 48.4 Å². The topological polar surface area (TPSA) is 46.1 Å². The summed E-state index contributed by atoms with van der Waals surface area (Å²) >= 11 is 9.00. The van der Waals surface area contributed by atoms with E-state index in [9.17, 15) is 4.79 Å². The van der Waals surface area contributed by atoms with E-state index >= 15 is 0 Å². The Morgan fingerprint density at radius 1 is 1.14 bits per heavy atom. The van der Waals surface area contributed by atoms with Gasteiger partial charge in [-0.25, -0.2) is 4.98 Å². The number of aromatic nitrogens is 2. The highest BCUT2D eigenvalue weighted by molar-refractivity contribution is 7.22. The first-order chi connectivity index (χ1) is 13.6. The molecule has 28 heavy (non-hydrogen) atoms. The zero-order chi connectivity index (χ0) is 19.5. The van der Waals surface area contributed by atoms with Crippen LogP contribution < -0.4 is 4.90 Å². The summed E-state index contributed by atoms with van der Waals surface area (Å²) in [6.45, 7) is 2.52. The number of rotatable bonds is 6. The largest absolute Gasteiger partial charge is 0.282 e. The fourth-order valence-electron chi connectivity index (χ4n) is 2.90. The van der Waals surface area contributed by atoms with Gasteiger partial charge in [-0.15, -0.1) is 11.3 Å². The minimum Gasteiger partial charge on any atom is -0.282 e. The van der Waals surface area contributed by atoms with Gasteiger partial charge >= 0.3 is 0 Å². The second-order valence-electron chi connectivity index (χ2n) is 6.34. The molecule has 4 aromatic rings. The molecule has 0 bridgehead atoms. The van der Waals surface area contributed by atoms with Crippen LogP contribution in [0.2, 0.25) is 4.34 Å². The monoisotopic (exact) mass is 427 g/mol. The first-order valence-electron chi connectivity index (χ1n) is 8.96. The number of pyridine rings is 1. The Morgan fingerprint density at radius 3 is 2.75 bits per heavy atom. The summed E-state index contributed by atoms with van der Waals surface area (Å²) in [6.07, 6.45) is 3.00. The molecule has 0 radical (unpaired) electrons. The number of hydrogen-bond acceptors (Lipinski definition) is 5. The van der Waals surface area contributed by atoms with Crippen molar-refractivity contribution >= 4 is 55.5 Å². The fraction of sp³-hybridized carbons (Fsp3) is 0.190. The second kappa shape index (κ2) is 8.39. The molecule has 142 valence electrons. The summed E-state index contributed by atoms with van der Waals surface area (Å²) < 4.78 is 1.78. The molecule has 0 aliphatic rings. The molecule has 0 aliphatic carbocycles. The van der Waals surface area contributed by atoms with Gasteiger partial charge in [0.05, 0.1) is 33.2 Å². The third-order valence-electron chi connectivity index (χ3n) is 4.38. The van der Waals surface area contributed by atoms with Crippen LogP contribution in [0.3, 0.4) is 0 Å². The Balaban J connectivity index is 1.68. The Morgan fingerprint density at radius 2 is 2.04 bits per heavy atom. The molecule has 1 amide bonds. The molecule has 0 spiro atoms.